The number of nitrogen functional groups attached to an aromatic ring is 1. The van der Waals surface area contributed by atoms with Crippen molar-refractivity contribution in [2.24, 2.45) is 0 Å². The van der Waals surface area contributed by atoms with Gasteiger partial charge >= 0.3 is 0 Å². The molecule has 0 unspecified atom stereocenters. The number of amides is 1. The molecule has 2 aromatic rings. The first-order chi connectivity index (χ1) is 9.56. The van der Waals surface area contributed by atoms with E-state index in [1.165, 1.54) is 0 Å². The van der Waals surface area contributed by atoms with Gasteiger partial charge in [0.05, 0.1) is 0 Å². The number of carbonyl (C=O) groups excluding carboxylic acids is 1. The van der Waals surface area contributed by atoms with Crippen LogP contribution in [0.4, 0.5) is 5.82 Å². The van der Waals surface area contributed by atoms with Crippen molar-refractivity contribution in [3.05, 3.63) is 41.6 Å². The Hall–Kier alpha value is -2.37. The van der Waals surface area contributed by atoms with E-state index in [-0.39, 0.29) is 11.8 Å². The molecule has 0 radical (unpaired) electrons. The molecule has 2 heterocycles. The van der Waals surface area contributed by atoms with Crippen LogP contribution < -0.4 is 11.1 Å². The van der Waals surface area contributed by atoms with Crippen molar-refractivity contribution in [3.8, 4) is 0 Å². The molecule has 0 fully saturated rings. The average Bonchev–Trinajstić information content (AvgIpc) is 2.91. The van der Waals surface area contributed by atoms with E-state index >= 15 is 0 Å². The highest BCUT2D eigenvalue weighted by atomic mass is 16.1. The predicted octanol–water partition coefficient (Wildman–Crippen LogP) is 1.48. The number of imidazole rings is 1. The highest BCUT2D eigenvalue weighted by molar-refractivity contribution is 5.94. The highest BCUT2D eigenvalue weighted by Gasteiger charge is 2.10. The number of pyridine rings is 1. The lowest BCUT2D eigenvalue weighted by Gasteiger charge is -2.09. The maximum absolute atomic E-state index is 12.1. The Morgan fingerprint density at radius 2 is 2.25 bits per heavy atom. The number of aromatic nitrogens is 3. The third-order valence-electron chi connectivity index (χ3n) is 2.92. The van der Waals surface area contributed by atoms with Crippen LogP contribution in [0.2, 0.25) is 0 Å². The van der Waals surface area contributed by atoms with E-state index < -0.39 is 0 Å². The maximum Gasteiger partial charge on any atom is 0.251 e. The molecule has 0 saturated heterocycles. The first-order valence-corrected chi connectivity index (χ1v) is 6.60. The van der Waals surface area contributed by atoms with E-state index in [9.17, 15) is 4.79 Å². The first-order valence-electron chi connectivity index (χ1n) is 6.60. The summed E-state index contributed by atoms with van der Waals surface area (Å²) in [4.78, 5) is 23.4. The van der Waals surface area contributed by atoms with Gasteiger partial charge in [0.15, 0.2) is 0 Å². The minimum Gasteiger partial charge on any atom is -0.384 e. The van der Waals surface area contributed by atoms with Gasteiger partial charge in [-0.2, -0.15) is 0 Å². The van der Waals surface area contributed by atoms with E-state index in [0.717, 1.165) is 11.5 Å². The molecule has 1 amide bonds. The van der Waals surface area contributed by atoms with Crippen LogP contribution in [0.15, 0.2) is 24.5 Å². The largest absolute Gasteiger partial charge is 0.384 e. The van der Waals surface area contributed by atoms with Crippen molar-refractivity contribution < 1.29 is 4.79 Å². The minimum atomic E-state index is -0.146. The molecule has 0 atom stereocenters. The van der Waals surface area contributed by atoms with Crippen molar-refractivity contribution >= 4 is 11.7 Å². The first kappa shape index (κ1) is 14.0. The third-order valence-corrected chi connectivity index (χ3v) is 2.92. The Bertz CT molecular complexity index is 577. The number of nitrogens with two attached hydrogens (primary N) is 1. The molecule has 0 aliphatic carbocycles. The summed E-state index contributed by atoms with van der Waals surface area (Å²) in [5.74, 6) is 1.30. The van der Waals surface area contributed by atoms with E-state index in [1.807, 2.05) is 13.8 Å². The number of aromatic amines is 1. The summed E-state index contributed by atoms with van der Waals surface area (Å²) in [5, 5.41) is 2.85. The molecule has 0 aromatic carbocycles. The molecule has 0 aliphatic rings. The quantitative estimate of drug-likeness (QED) is 0.768. The van der Waals surface area contributed by atoms with E-state index in [4.69, 9.17) is 5.73 Å². The second-order valence-electron chi connectivity index (χ2n) is 4.90. The number of hydrogen-bond donors (Lipinski definition) is 3. The number of hydrogen-bond acceptors (Lipinski definition) is 4. The average molecular weight is 273 g/mol. The minimum absolute atomic E-state index is 0.146. The predicted molar refractivity (Wildman–Crippen MR) is 77.4 cm³/mol. The topological polar surface area (TPSA) is 96.7 Å². The van der Waals surface area contributed by atoms with Gasteiger partial charge in [-0.1, -0.05) is 13.8 Å². The van der Waals surface area contributed by atoms with Crippen LogP contribution >= 0.6 is 0 Å². The fourth-order valence-electron chi connectivity index (χ4n) is 1.83. The summed E-state index contributed by atoms with van der Waals surface area (Å²) in [7, 11) is 0. The summed E-state index contributed by atoms with van der Waals surface area (Å²) in [6.07, 6.45) is 4.11. The van der Waals surface area contributed by atoms with Crippen molar-refractivity contribution in [3.63, 3.8) is 0 Å². The van der Waals surface area contributed by atoms with E-state index in [1.54, 1.807) is 24.5 Å². The van der Waals surface area contributed by atoms with Crippen LogP contribution in [0.1, 0.15) is 41.6 Å². The number of nitrogens with one attached hydrogen (secondary N) is 2. The zero-order valence-corrected chi connectivity index (χ0v) is 11.7. The fraction of sp³-hybridized carbons (Fsp3) is 0.357. The summed E-state index contributed by atoms with van der Waals surface area (Å²) >= 11 is 0. The van der Waals surface area contributed by atoms with Crippen molar-refractivity contribution in [1.82, 2.24) is 20.3 Å². The lowest BCUT2D eigenvalue weighted by atomic mass is 10.1. The SMILES string of the molecule is CC(C)c1cc(C(=O)NCCc2ncc[nH]2)cc(N)n1. The Morgan fingerprint density at radius 1 is 1.45 bits per heavy atom. The van der Waals surface area contributed by atoms with Crippen molar-refractivity contribution in [2.75, 3.05) is 12.3 Å². The summed E-state index contributed by atoms with van der Waals surface area (Å²) in [6, 6.07) is 3.37. The van der Waals surface area contributed by atoms with Gasteiger partial charge in [0.25, 0.3) is 5.91 Å². The van der Waals surface area contributed by atoms with Gasteiger partial charge in [0.1, 0.15) is 11.6 Å². The van der Waals surface area contributed by atoms with Crippen LogP contribution in [0.5, 0.6) is 0 Å². The van der Waals surface area contributed by atoms with Crippen molar-refractivity contribution in [1.29, 1.82) is 0 Å². The second kappa shape index (κ2) is 6.18. The lowest BCUT2D eigenvalue weighted by molar-refractivity contribution is 0.0954. The van der Waals surface area contributed by atoms with E-state index in [0.29, 0.717) is 24.3 Å². The van der Waals surface area contributed by atoms with Crippen LogP contribution in [-0.2, 0) is 6.42 Å². The molecular weight excluding hydrogens is 254 g/mol. The normalized spacial score (nSPS) is 10.8. The summed E-state index contributed by atoms with van der Waals surface area (Å²) in [6.45, 7) is 4.55. The molecule has 4 N–H and O–H groups in total. The van der Waals surface area contributed by atoms with E-state index in [2.05, 4.69) is 20.3 Å². The standard InChI is InChI=1S/C14H19N5O/c1-9(2)11-7-10(8-12(15)19-11)14(20)18-4-3-13-16-5-6-17-13/h5-9H,3-4H2,1-2H3,(H2,15,19)(H,16,17)(H,18,20). The van der Waals surface area contributed by atoms with Crippen molar-refractivity contribution in [2.45, 2.75) is 26.2 Å². The van der Waals surface area contributed by atoms with Crippen LogP contribution in [0.25, 0.3) is 0 Å². The van der Waals surface area contributed by atoms with Crippen LogP contribution in [0, 0.1) is 0 Å². The fourth-order valence-corrected chi connectivity index (χ4v) is 1.83. The number of anilines is 1. The van der Waals surface area contributed by atoms with Gasteiger partial charge in [0, 0.05) is 36.6 Å². The highest BCUT2D eigenvalue weighted by Crippen LogP contribution is 2.15. The Labute approximate surface area is 117 Å². The van der Waals surface area contributed by atoms with Gasteiger partial charge in [-0.3, -0.25) is 4.79 Å². The Balaban J connectivity index is 1.98. The molecule has 20 heavy (non-hydrogen) atoms. The summed E-state index contributed by atoms with van der Waals surface area (Å²) in [5.41, 5.74) is 7.10. The molecule has 2 rings (SSSR count). The number of nitrogens with zero attached hydrogens (tertiary/aromatic N) is 2. The monoisotopic (exact) mass is 273 g/mol. The molecule has 0 saturated carbocycles. The molecule has 0 spiro atoms. The zero-order chi connectivity index (χ0) is 14.5. The zero-order valence-electron chi connectivity index (χ0n) is 11.7. The number of rotatable bonds is 5. The van der Waals surface area contributed by atoms with Gasteiger partial charge in [-0.25, -0.2) is 9.97 Å². The van der Waals surface area contributed by atoms with Gasteiger partial charge in [-0.15, -0.1) is 0 Å². The lowest BCUT2D eigenvalue weighted by Crippen LogP contribution is -2.26. The van der Waals surface area contributed by atoms with Crippen LogP contribution in [0.3, 0.4) is 0 Å². The molecule has 6 heteroatoms. The van der Waals surface area contributed by atoms with Crippen LogP contribution in [-0.4, -0.2) is 27.4 Å². The number of H-pyrrole nitrogens is 1. The molecule has 0 aliphatic heterocycles. The van der Waals surface area contributed by atoms with Gasteiger partial charge in [0.2, 0.25) is 0 Å². The van der Waals surface area contributed by atoms with Gasteiger partial charge < -0.3 is 16.0 Å². The molecule has 0 bridgehead atoms. The Morgan fingerprint density at radius 3 is 2.90 bits per heavy atom. The smallest absolute Gasteiger partial charge is 0.251 e. The van der Waals surface area contributed by atoms with Gasteiger partial charge in [-0.05, 0) is 18.1 Å². The maximum atomic E-state index is 12.1. The number of carbonyl (C=O) groups is 1. The Kier molecular flexibility index (Phi) is 4.34. The molecule has 6 nitrogen and oxygen atoms in total. The molecule has 2 aromatic heterocycles. The molecule has 106 valence electrons. The second-order valence-corrected chi connectivity index (χ2v) is 4.90. The summed E-state index contributed by atoms with van der Waals surface area (Å²) < 4.78 is 0. The third kappa shape index (κ3) is 3.57. The molecular formula is C14H19N5O.